The van der Waals surface area contributed by atoms with Gasteiger partial charge in [-0.1, -0.05) is 24.3 Å². The molecule has 0 atom stereocenters. The molecule has 0 fully saturated rings. The molecule has 0 saturated carbocycles. The van der Waals surface area contributed by atoms with E-state index >= 15 is 0 Å². The molecule has 8 heteroatoms. The van der Waals surface area contributed by atoms with Gasteiger partial charge in [0.05, 0.1) is 23.5 Å². The van der Waals surface area contributed by atoms with Crippen molar-refractivity contribution in [2.75, 3.05) is 7.11 Å². The molecule has 26 heavy (non-hydrogen) atoms. The van der Waals surface area contributed by atoms with Crippen molar-refractivity contribution in [3.8, 4) is 17.0 Å². The minimum absolute atomic E-state index is 0.0744. The summed E-state index contributed by atoms with van der Waals surface area (Å²) in [5.41, 5.74) is 0.929. The van der Waals surface area contributed by atoms with Gasteiger partial charge in [0.25, 0.3) is 0 Å². The molecule has 2 N–H and O–H groups in total. The molecule has 1 aromatic heterocycles. The van der Waals surface area contributed by atoms with Crippen LogP contribution in [0.2, 0.25) is 0 Å². The lowest BCUT2D eigenvalue weighted by Crippen LogP contribution is -2.12. The second-order valence-corrected chi connectivity index (χ2v) is 7.51. The van der Waals surface area contributed by atoms with Gasteiger partial charge >= 0.3 is 5.97 Å². The average Bonchev–Trinajstić information content (AvgIpc) is 3.15. The molecule has 0 saturated heterocycles. The zero-order valence-corrected chi connectivity index (χ0v) is 14.7. The highest BCUT2D eigenvalue weighted by Gasteiger charge is 2.25. The Morgan fingerprint density at radius 3 is 2.46 bits per heavy atom. The molecule has 134 valence electrons. The van der Waals surface area contributed by atoms with Crippen LogP contribution in [0.5, 0.6) is 5.75 Å². The lowest BCUT2D eigenvalue weighted by atomic mass is 10.0. The number of sulfone groups is 1. The molecule has 3 aromatic rings. The Balaban J connectivity index is 2.12. The summed E-state index contributed by atoms with van der Waals surface area (Å²) < 4.78 is 30.6. The Bertz CT molecular complexity index is 1030. The number of aromatic nitrogens is 2. The van der Waals surface area contributed by atoms with Crippen molar-refractivity contribution in [1.82, 2.24) is 10.2 Å². The predicted octanol–water partition coefficient (Wildman–Crippen LogP) is 2.76. The van der Waals surface area contributed by atoms with Crippen molar-refractivity contribution in [1.29, 1.82) is 0 Å². The molecule has 0 amide bonds. The lowest BCUT2D eigenvalue weighted by molar-refractivity contribution is 0.0692. The normalized spacial score (nSPS) is 11.3. The Morgan fingerprint density at radius 2 is 1.88 bits per heavy atom. The summed E-state index contributed by atoms with van der Waals surface area (Å²) in [6.45, 7) is 0. The van der Waals surface area contributed by atoms with Crippen LogP contribution in [0, 0.1) is 0 Å². The van der Waals surface area contributed by atoms with Crippen LogP contribution in [-0.2, 0) is 15.6 Å². The van der Waals surface area contributed by atoms with E-state index in [1.165, 1.54) is 25.3 Å². The number of methoxy groups -OCH3 is 1. The number of nitrogens with one attached hydrogen (secondary N) is 1. The molecule has 1 heterocycles. The number of carbonyl (C=O) groups is 1. The summed E-state index contributed by atoms with van der Waals surface area (Å²) in [5.74, 6) is -1.64. The smallest absolute Gasteiger partial charge is 0.339 e. The van der Waals surface area contributed by atoms with Crippen LogP contribution in [-0.4, -0.2) is 36.8 Å². The number of ether oxygens (including phenoxy) is 1. The van der Waals surface area contributed by atoms with E-state index in [4.69, 9.17) is 4.74 Å². The van der Waals surface area contributed by atoms with Gasteiger partial charge in [0.1, 0.15) is 11.3 Å². The Morgan fingerprint density at radius 1 is 1.15 bits per heavy atom. The number of hydrogen-bond donors (Lipinski definition) is 2. The number of carboxylic acids is 1. The third-order valence-electron chi connectivity index (χ3n) is 3.89. The fraction of sp³-hybridized carbons (Fsp3) is 0.111. The van der Waals surface area contributed by atoms with Crippen molar-refractivity contribution in [2.45, 2.75) is 10.6 Å². The molecule has 2 aromatic carbocycles. The number of rotatable bonds is 6. The zero-order valence-electron chi connectivity index (χ0n) is 13.8. The molecule has 0 aliphatic heterocycles. The molecule has 0 bridgehead atoms. The average molecular weight is 372 g/mol. The standard InChI is InChI=1S/C18H16N2O5S/c1-25-17-14(15-9-10-19-20-15)8-7-12(16(17)18(21)22)11-26(23,24)13-5-3-2-4-6-13/h2-10H,11H2,1H3,(H,19,20)(H,21,22). The first-order valence-electron chi connectivity index (χ1n) is 7.65. The first-order chi connectivity index (χ1) is 12.4. The number of benzene rings is 2. The molecular formula is C18H16N2O5S. The van der Waals surface area contributed by atoms with Crippen molar-refractivity contribution in [3.63, 3.8) is 0 Å². The third-order valence-corrected chi connectivity index (χ3v) is 5.57. The number of nitrogens with zero attached hydrogens (tertiary/aromatic N) is 1. The Kier molecular flexibility index (Phi) is 4.77. The molecule has 0 unspecified atom stereocenters. The topological polar surface area (TPSA) is 109 Å². The van der Waals surface area contributed by atoms with Gasteiger partial charge in [-0.05, 0) is 29.8 Å². The van der Waals surface area contributed by atoms with E-state index in [1.54, 1.807) is 36.5 Å². The maximum Gasteiger partial charge on any atom is 0.339 e. The van der Waals surface area contributed by atoms with Crippen molar-refractivity contribution in [2.24, 2.45) is 0 Å². The van der Waals surface area contributed by atoms with Gasteiger partial charge in [-0.3, -0.25) is 5.10 Å². The molecule has 0 aliphatic carbocycles. The summed E-state index contributed by atoms with van der Waals surface area (Å²) >= 11 is 0. The second-order valence-electron chi connectivity index (χ2n) is 5.52. The van der Waals surface area contributed by atoms with E-state index in [1.807, 2.05) is 0 Å². The maximum atomic E-state index is 12.6. The highest BCUT2D eigenvalue weighted by atomic mass is 32.2. The Labute approximate surface area is 150 Å². The summed E-state index contributed by atoms with van der Waals surface area (Å²) in [5, 5.41) is 16.3. The lowest BCUT2D eigenvalue weighted by Gasteiger charge is -2.14. The van der Waals surface area contributed by atoms with Gasteiger partial charge in [0.15, 0.2) is 9.84 Å². The molecule has 3 rings (SSSR count). The van der Waals surface area contributed by atoms with E-state index in [9.17, 15) is 18.3 Å². The van der Waals surface area contributed by atoms with Crippen LogP contribution in [0.15, 0.2) is 59.6 Å². The number of aromatic carboxylic acids is 1. The van der Waals surface area contributed by atoms with Gasteiger partial charge in [-0.25, -0.2) is 13.2 Å². The van der Waals surface area contributed by atoms with Crippen molar-refractivity contribution in [3.05, 3.63) is 65.9 Å². The molecular weight excluding hydrogens is 356 g/mol. The molecule has 0 aliphatic rings. The predicted molar refractivity (Wildman–Crippen MR) is 94.9 cm³/mol. The SMILES string of the molecule is COc1c(-c2cc[nH]n2)ccc(CS(=O)(=O)c2ccccc2)c1C(=O)O. The van der Waals surface area contributed by atoms with Crippen LogP contribution in [0.1, 0.15) is 15.9 Å². The summed E-state index contributed by atoms with van der Waals surface area (Å²) in [4.78, 5) is 12.0. The van der Waals surface area contributed by atoms with E-state index in [0.29, 0.717) is 11.3 Å². The Hall–Kier alpha value is -3.13. The van der Waals surface area contributed by atoms with Crippen molar-refractivity contribution >= 4 is 15.8 Å². The summed E-state index contributed by atoms with van der Waals surface area (Å²) in [6.07, 6.45) is 1.60. The number of aromatic amines is 1. The van der Waals surface area contributed by atoms with Crippen LogP contribution in [0.25, 0.3) is 11.3 Å². The van der Waals surface area contributed by atoms with E-state index in [-0.39, 0.29) is 21.8 Å². The quantitative estimate of drug-likeness (QED) is 0.688. The monoisotopic (exact) mass is 372 g/mol. The fourth-order valence-corrected chi connectivity index (χ4v) is 4.11. The molecule has 0 radical (unpaired) electrons. The van der Waals surface area contributed by atoms with E-state index in [0.717, 1.165) is 0 Å². The van der Waals surface area contributed by atoms with Crippen LogP contribution >= 0.6 is 0 Å². The number of hydrogen-bond acceptors (Lipinski definition) is 5. The van der Waals surface area contributed by atoms with Gasteiger partial charge < -0.3 is 9.84 Å². The van der Waals surface area contributed by atoms with E-state index < -0.39 is 21.6 Å². The van der Waals surface area contributed by atoms with Crippen LogP contribution in [0.4, 0.5) is 0 Å². The highest BCUT2D eigenvalue weighted by molar-refractivity contribution is 7.90. The number of carboxylic acid groups (broad SMARTS) is 1. The van der Waals surface area contributed by atoms with Crippen molar-refractivity contribution < 1.29 is 23.1 Å². The first kappa shape index (κ1) is 17.7. The maximum absolute atomic E-state index is 12.6. The minimum Gasteiger partial charge on any atom is -0.495 e. The first-order valence-corrected chi connectivity index (χ1v) is 9.30. The van der Waals surface area contributed by atoms with Crippen LogP contribution < -0.4 is 4.74 Å². The highest BCUT2D eigenvalue weighted by Crippen LogP contribution is 2.35. The third kappa shape index (κ3) is 3.31. The van der Waals surface area contributed by atoms with E-state index in [2.05, 4.69) is 10.2 Å². The number of H-pyrrole nitrogens is 1. The molecule has 7 nitrogen and oxygen atoms in total. The van der Waals surface area contributed by atoms with Crippen LogP contribution in [0.3, 0.4) is 0 Å². The summed E-state index contributed by atoms with van der Waals surface area (Å²) in [6, 6.07) is 12.7. The largest absolute Gasteiger partial charge is 0.495 e. The zero-order chi connectivity index (χ0) is 18.7. The van der Waals surface area contributed by atoms with Gasteiger partial charge in [0, 0.05) is 11.8 Å². The van der Waals surface area contributed by atoms with Gasteiger partial charge in [-0.2, -0.15) is 5.10 Å². The van der Waals surface area contributed by atoms with Gasteiger partial charge in [-0.15, -0.1) is 0 Å². The second kappa shape index (κ2) is 7.01. The molecule has 0 spiro atoms. The minimum atomic E-state index is -3.70. The van der Waals surface area contributed by atoms with Gasteiger partial charge in [0.2, 0.25) is 0 Å². The summed E-state index contributed by atoms with van der Waals surface area (Å²) in [7, 11) is -2.36. The fourth-order valence-electron chi connectivity index (χ4n) is 2.72.